The number of aromatic nitrogens is 3. The summed E-state index contributed by atoms with van der Waals surface area (Å²) in [7, 11) is 1.58. The molecule has 0 unspecified atom stereocenters. The second kappa shape index (κ2) is 10.1. The van der Waals surface area contributed by atoms with E-state index in [4.69, 9.17) is 4.74 Å². The van der Waals surface area contributed by atoms with Crippen molar-refractivity contribution in [2.24, 2.45) is 0 Å². The standard InChI is InChI=1S/C22H21F3N4O3/c1-32-18-5-3-2-4-14(18)12-13-26-19(30)11-10-17-21(31)27-20(29-28-17)15-6-8-16(9-7-15)22(23,24)25/h2-9H,10-13H2,1H3,(H,26,30)(H,27,29,31). The molecule has 0 aliphatic carbocycles. The molecule has 10 heteroatoms. The molecular weight excluding hydrogens is 425 g/mol. The molecule has 168 valence electrons. The molecular formula is C22H21F3N4O3. The van der Waals surface area contributed by atoms with E-state index in [9.17, 15) is 22.8 Å². The molecule has 0 bridgehead atoms. The summed E-state index contributed by atoms with van der Waals surface area (Å²) in [5.41, 5.74) is -0.0122. The first-order valence-electron chi connectivity index (χ1n) is 9.80. The lowest BCUT2D eigenvalue weighted by atomic mass is 10.1. The number of amides is 1. The number of rotatable bonds is 8. The van der Waals surface area contributed by atoms with Crippen LogP contribution in [0, 0.1) is 0 Å². The van der Waals surface area contributed by atoms with Gasteiger partial charge in [0.25, 0.3) is 5.56 Å². The Morgan fingerprint density at radius 2 is 1.78 bits per heavy atom. The van der Waals surface area contributed by atoms with Gasteiger partial charge in [-0.1, -0.05) is 30.3 Å². The normalized spacial score (nSPS) is 11.2. The monoisotopic (exact) mass is 446 g/mol. The van der Waals surface area contributed by atoms with Crippen molar-refractivity contribution in [1.29, 1.82) is 0 Å². The van der Waals surface area contributed by atoms with Crippen LogP contribution in [0.2, 0.25) is 0 Å². The number of hydrogen-bond donors (Lipinski definition) is 2. The molecule has 0 aliphatic rings. The maximum absolute atomic E-state index is 12.7. The van der Waals surface area contributed by atoms with Gasteiger partial charge in [-0.05, 0) is 30.2 Å². The Morgan fingerprint density at radius 3 is 2.44 bits per heavy atom. The van der Waals surface area contributed by atoms with Crippen molar-refractivity contribution in [3.05, 3.63) is 75.7 Å². The molecule has 0 aliphatic heterocycles. The molecule has 0 saturated heterocycles. The van der Waals surface area contributed by atoms with Crippen LogP contribution in [0.15, 0.2) is 53.3 Å². The zero-order chi connectivity index (χ0) is 23.1. The van der Waals surface area contributed by atoms with Crippen LogP contribution in [0.25, 0.3) is 11.4 Å². The fourth-order valence-electron chi connectivity index (χ4n) is 3.04. The van der Waals surface area contributed by atoms with Gasteiger partial charge in [0.2, 0.25) is 5.91 Å². The summed E-state index contributed by atoms with van der Waals surface area (Å²) in [5, 5.41) is 10.5. The van der Waals surface area contributed by atoms with E-state index in [0.29, 0.717) is 18.5 Å². The third kappa shape index (κ3) is 5.93. The molecule has 3 rings (SSSR count). The van der Waals surface area contributed by atoms with E-state index < -0.39 is 17.3 Å². The number of para-hydroxylation sites is 1. The van der Waals surface area contributed by atoms with Crippen molar-refractivity contribution < 1.29 is 22.7 Å². The highest BCUT2D eigenvalue weighted by Gasteiger charge is 2.30. The second-order valence-corrected chi connectivity index (χ2v) is 6.94. The molecule has 0 radical (unpaired) electrons. The zero-order valence-electron chi connectivity index (χ0n) is 17.2. The van der Waals surface area contributed by atoms with E-state index in [1.165, 1.54) is 12.1 Å². The van der Waals surface area contributed by atoms with Gasteiger partial charge in [-0.2, -0.15) is 13.2 Å². The summed E-state index contributed by atoms with van der Waals surface area (Å²) in [4.78, 5) is 26.8. The van der Waals surface area contributed by atoms with Crippen LogP contribution in [0.1, 0.15) is 23.2 Å². The summed E-state index contributed by atoms with van der Waals surface area (Å²) >= 11 is 0. The number of benzene rings is 2. The van der Waals surface area contributed by atoms with Gasteiger partial charge in [-0.15, -0.1) is 10.2 Å². The Labute approximate surface area is 181 Å². The number of aryl methyl sites for hydroxylation is 1. The average molecular weight is 446 g/mol. The second-order valence-electron chi connectivity index (χ2n) is 6.94. The highest BCUT2D eigenvalue weighted by molar-refractivity contribution is 5.76. The van der Waals surface area contributed by atoms with Crippen LogP contribution < -0.4 is 15.6 Å². The number of aromatic amines is 1. The molecule has 3 aromatic rings. The predicted octanol–water partition coefficient (Wildman–Crippen LogP) is 3.15. The minimum atomic E-state index is -4.45. The van der Waals surface area contributed by atoms with Gasteiger partial charge >= 0.3 is 6.18 Å². The lowest BCUT2D eigenvalue weighted by Gasteiger charge is -2.09. The Morgan fingerprint density at radius 1 is 1.06 bits per heavy atom. The number of ether oxygens (including phenoxy) is 1. The average Bonchev–Trinajstić information content (AvgIpc) is 2.78. The topological polar surface area (TPSA) is 97.0 Å². The molecule has 2 N–H and O–H groups in total. The maximum Gasteiger partial charge on any atom is 0.416 e. The van der Waals surface area contributed by atoms with Crippen molar-refractivity contribution >= 4 is 5.91 Å². The van der Waals surface area contributed by atoms with Crippen LogP contribution >= 0.6 is 0 Å². The van der Waals surface area contributed by atoms with Crippen molar-refractivity contribution in [2.75, 3.05) is 13.7 Å². The fraction of sp³-hybridized carbons (Fsp3) is 0.273. The summed E-state index contributed by atoms with van der Waals surface area (Å²) in [5.74, 6) is 0.554. The quantitative estimate of drug-likeness (QED) is 0.554. The molecule has 0 spiro atoms. The van der Waals surface area contributed by atoms with Crippen molar-refractivity contribution in [1.82, 2.24) is 20.5 Å². The number of nitrogens with one attached hydrogen (secondary N) is 2. The van der Waals surface area contributed by atoms with E-state index in [-0.39, 0.29) is 30.3 Å². The Hall–Kier alpha value is -3.69. The summed E-state index contributed by atoms with van der Waals surface area (Å²) in [6.07, 6.45) is -3.73. The molecule has 7 nitrogen and oxygen atoms in total. The van der Waals surface area contributed by atoms with Crippen molar-refractivity contribution in [3.8, 4) is 17.1 Å². The highest BCUT2D eigenvalue weighted by Crippen LogP contribution is 2.30. The van der Waals surface area contributed by atoms with Gasteiger partial charge in [0.1, 0.15) is 11.4 Å². The maximum atomic E-state index is 12.7. The van der Waals surface area contributed by atoms with E-state index in [0.717, 1.165) is 23.4 Å². The van der Waals surface area contributed by atoms with Crippen molar-refractivity contribution in [2.45, 2.75) is 25.4 Å². The first kappa shape index (κ1) is 23.0. The first-order valence-corrected chi connectivity index (χ1v) is 9.80. The first-order chi connectivity index (χ1) is 15.3. The lowest BCUT2D eigenvalue weighted by molar-refractivity contribution is -0.137. The van der Waals surface area contributed by atoms with Crippen molar-refractivity contribution in [3.63, 3.8) is 0 Å². The van der Waals surface area contributed by atoms with E-state index in [2.05, 4.69) is 20.5 Å². The number of alkyl halides is 3. The number of halogens is 3. The molecule has 1 amide bonds. The lowest BCUT2D eigenvalue weighted by Crippen LogP contribution is -2.27. The van der Waals surface area contributed by atoms with Crippen LogP contribution in [-0.4, -0.2) is 34.7 Å². The zero-order valence-corrected chi connectivity index (χ0v) is 17.2. The molecule has 1 aromatic heterocycles. The SMILES string of the molecule is COc1ccccc1CCNC(=O)CCc1nnc(-c2ccc(C(F)(F)F)cc2)[nH]c1=O. The fourth-order valence-corrected chi connectivity index (χ4v) is 3.04. The van der Waals surface area contributed by atoms with E-state index in [1.54, 1.807) is 7.11 Å². The largest absolute Gasteiger partial charge is 0.496 e. The number of carbonyl (C=O) groups is 1. The number of methoxy groups -OCH3 is 1. The van der Waals surface area contributed by atoms with Crippen LogP contribution in [0.4, 0.5) is 13.2 Å². The molecule has 2 aromatic carbocycles. The van der Waals surface area contributed by atoms with Gasteiger partial charge in [0.05, 0.1) is 12.7 Å². The van der Waals surface area contributed by atoms with Crippen LogP contribution in [0.5, 0.6) is 5.75 Å². The van der Waals surface area contributed by atoms with Gasteiger partial charge in [-0.25, -0.2) is 0 Å². The molecule has 32 heavy (non-hydrogen) atoms. The molecule has 0 fully saturated rings. The third-order valence-electron chi connectivity index (χ3n) is 4.75. The van der Waals surface area contributed by atoms with Crippen LogP contribution in [0.3, 0.4) is 0 Å². The minimum Gasteiger partial charge on any atom is -0.496 e. The third-order valence-corrected chi connectivity index (χ3v) is 4.75. The number of H-pyrrole nitrogens is 1. The Kier molecular flexibility index (Phi) is 7.24. The molecule has 0 saturated carbocycles. The number of nitrogens with zero attached hydrogens (tertiary/aromatic N) is 2. The van der Waals surface area contributed by atoms with Crippen LogP contribution in [-0.2, 0) is 23.8 Å². The molecule has 1 heterocycles. The summed E-state index contributed by atoms with van der Waals surface area (Å²) < 4.78 is 43.3. The minimum absolute atomic E-state index is 0.0450. The highest BCUT2D eigenvalue weighted by atomic mass is 19.4. The van der Waals surface area contributed by atoms with E-state index >= 15 is 0 Å². The van der Waals surface area contributed by atoms with Gasteiger partial charge in [0.15, 0.2) is 5.82 Å². The van der Waals surface area contributed by atoms with Gasteiger partial charge in [-0.3, -0.25) is 9.59 Å². The van der Waals surface area contributed by atoms with E-state index in [1.807, 2.05) is 24.3 Å². The van der Waals surface area contributed by atoms with Gasteiger partial charge in [0, 0.05) is 24.9 Å². The molecule has 0 atom stereocenters. The number of hydrogen-bond acceptors (Lipinski definition) is 5. The predicted molar refractivity (Wildman–Crippen MR) is 111 cm³/mol. The summed E-state index contributed by atoms with van der Waals surface area (Å²) in [6.45, 7) is 0.411. The Bertz CT molecular complexity index is 1130. The van der Waals surface area contributed by atoms with Gasteiger partial charge < -0.3 is 15.0 Å². The smallest absolute Gasteiger partial charge is 0.416 e. The number of carbonyl (C=O) groups excluding carboxylic acids is 1. The summed E-state index contributed by atoms with van der Waals surface area (Å²) in [6, 6.07) is 11.7. The Balaban J connectivity index is 1.53.